The molecule has 0 radical (unpaired) electrons. The molecule has 1 aliphatic rings. The zero-order chi connectivity index (χ0) is 17.9. The number of thioether (sulfide) groups is 1. The predicted octanol–water partition coefficient (Wildman–Crippen LogP) is 4.35. The summed E-state index contributed by atoms with van der Waals surface area (Å²) in [7, 11) is 0. The van der Waals surface area contributed by atoms with E-state index < -0.39 is 0 Å². The number of likely N-dealkylation sites (tertiary alicyclic amines) is 1. The lowest BCUT2D eigenvalue weighted by molar-refractivity contribution is -0.127. The van der Waals surface area contributed by atoms with Crippen molar-refractivity contribution in [2.75, 3.05) is 18.8 Å². The number of rotatable bonds is 5. The average molecular weight is 403 g/mol. The van der Waals surface area contributed by atoms with Gasteiger partial charge in [0.1, 0.15) is 15.7 Å². The first-order chi connectivity index (χ1) is 12.7. The molecular weight excluding hydrogens is 384 g/mol. The third kappa shape index (κ3) is 3.82. The minimum absolute atomic E-state index is 0.192. The van der Waals surface area contributed by atoms with Gasteiger partial charge in [-0.25, -0.2) is 4.98 Å². The zero-order valence-electron chi connectivity index (χ0n) is 14.3. The molecule has 0 aliphatic carbocycles. The van der Waals surface area contributed by atoms with Gasteiger partial charge in [-0.05, 0) is 43.3 Å². The summed E-state index contributed by atoms with van der Waals surface area (Å²) in [4.78, 5) is 20.9. The largest absolute Gasteiger partial charge is 0.342 e. The number of carbonyl (C=O) groups excluding carboxylic acids is 1. The maximum Gasteiger partial charge on any atom is 0.232 e. The number of amides is 1. The standard InChI is InChI=1S/C18H18N4OS3/c1-12-17(26-18(19-12)14-5-4-10-24-14)13-6-7-15(21-20-13)25-11-16(23)22-8-2-3-9-22/h4-7,10H,2-3,8-9,11H2,1H3. The normalized spacial score (nSPS) is 14.1. The molecule has 1 amide bonds. The van der Waals surface area contributed by atoms with Gasteiger partial charge < -0.3 is 4.90 Å². The van der Waals surface area contributed by atoms with Crippen molar-refractivity contribution in [2.24, 2.45) is 0 Å². The van der Waals surface area contributed by atoms with Crippen LogP contribution in [0.4, 0.5) is 0 Å². The van der Waals surface area contributed by atoms with E-state index >= 15 is 0 Å². The van der Waals surface area contributed by atoms with Crippen LogP contribution < -0.4 is 0 Å². The summed E-state index contributed by atoms with van der Waals surface area (Å²) >= 11 is 4.78. The Bertz CT molecular complexity index is 884. The van der Waals surface area contributed by atoms with Crippen LogP contribution in [-0.4, -0.2) is 44.8 Å². The van der Waals surface area contributed by atoms with E-state index in [0.29, 0.717) is 5.75 Å². The Hall–Kier alpha value is -1.77. The SMILES string of the molecule is Cc1nc(-c2cccs2)sc1-c1ccc(SCC(=O)N2CCCC2)nn1. The number of thiophene rings is 1. The average Bonchev–Trinajstić information content (AvgIpc) is 3.41. The van der Waals surface area contributed by atoms with Crippen LogP contribution in [0.5, 0.6) is 0 Å². The van der Waals surface area contributed by atoms with E-state index in [1.165, 1.54) is 16.6 Å². The van der Waals surface area contributed by atoms with Crippen molar-refractivity contribution in [1.29, 1.82) is 0 Å². The van der Waals surface area contributed by atoms with Crippen molar-refractivity contribution < 1.29 is 4.79 Å². The Balaban J connectivity index is 1.43. The number of aryl methyl sites for hydroxylation is 1. The van der Waals surface area contributed by atoms with Gasteiger partial charge in [-0.1, -0.05) is 17.8 Å². The number of hydrogen-bond donors (Lipinski definition) is 0. The van der Waals surface area contributed by atoms with Crippen molar-refractivity contribution in [2.45, 2.75) is 24.8 Å². The molecule has 26 heavy (non-hydrogen) atoms. The summed E-state index contributed by atoms with van der Waals surface area (Å²) in [6.45, 7) is 3.78. The van der Waals surface area contributed by atoms with Gasteiger partial charge in [-0.15, -0.1) is 32.9 Å². The van der Waals surface area contributed by atoms with Crippen LogP contribution in [0.15, 0.2) is 34.7 Å². The Labute approximate surface area is 164 Å². The molecule has 0 unspecified atom stereocenters. The van der Waals surface area contributed by atoms with E-state index in [9.17, 15) is 4.79 Å². The number of hydrogen-bond acceptors (Lipinski definition) is 7. The highest BCUT2D eigenvalue weighted by molar-refractivity contribution is 7.99. The second kappa shape index (κ2) is 7.85. The minimum Gasteiger partial charge on any atom is -0.342 e. The van der Waals surface area contributed by atoms with Crippen LogP contribution >= 0.6 is 34.4 Å². The summed E-state index contributed by atoms with van der Waals surface area (Å²) in [5.74, 6) is 0.619. The second-order valence-electron chi connectivity index (χ2n) is 6.04. The van der Waals surface area contributed by atoms with Gasteiger partial charge >= 0.3 is 0 Å². The number of nitrogens with zero attached hydrogens (tertiary/aromatic N) is 4. The maximum atomic E-state index is 12.1. The monoisotopic (exact) mass is 402 g/mol. The molecule has 3 aromatic heterocycles. The molecule has 0 atom stereocenters. The van der Waals surface area contributed by atoms with Gasteiger partial charge in [0.05, 0.1) is 21.2 Å². The fourth-order valence-corrected chi connectivity index (χ4v) is 5.40. The first kappa shape index (κ1) is 17.6. The summed E-state index contributed by atoms with van der Waals surface area (Å²) in [6.07, 6.45) is 2.24. The Morgan fingerprint density at radius 3 is 2.77 bits per heavy atom. The lowest BCUT2D eigenvalue weighted by Crippen LogP contribution is -2.29. The van der Waals surface area contributed by atoms with Crippen LogP contribution in [0.2, 0.25) is 0 Å². The van der Waals surface area contributed by atoms with E-state index in [1.54, 1.807) is 22.7 Å². The van der Waals surface area contributed by atoms with Gasteiger partial charge in [0.25, 0.3) is 0 Å². The molecule has 1 saturated heterocycles. The molecule has 5 nitrogen and oxygen atoms in total. The van der Waals surface area contributed by atoms with E-state index in [2.05, 4.69) is 26.6 Å². The second-order valence-corrected chi connectivity index (χ2v) is 8.99. The number of aromatic nitrogens is 3. The Morgan fingerprint density at radius 1 is 1.23 bits per heavy atom. The molecule has 0 saturated carbocycles. The lowest BCUT2D eigenvalue weighted by atomic mass is 10.3. The van der Waals surface area contributed by atoms with E-state index in [1.807, 2.05) is 30.0 Å². The van der Waals surface area contributed by atoms with Gasteiger partial charge in [0, 0.05) is 13.1 Å². The number of carbonyl (C=O) groups is 1. The summed E-state index contributed by atoms with van der Waals surface area (Å²) in [6, 6.07) is 8.02. The highest BCUT2D eigenvalue weighted by atomic mass is 32.2. The number of thiazole rings is 1. The fraction of sp³-hybridized carbons (Fsp3) is 0.333. The molecule has 0 N–H and O–H groups in total. The molecule has 3 aromatic rings. The highest BCUT2D eigenvalue weighted by Gasteiger charge is 2.18. The molecule has 0 spiro atoms. The van der Waals surface area contributed by atoms with Gasteiger partial charge in [-0.3, -0.25) is 4.79 Å². The molecule has 8 heteroatoms. The predicted molar refractivity (Wildman–Crippen MR) is 108 cm³/mol. The van der Waals surface area contributed by atoms with E-state index in [-0.39, 0.29) is 5.91 Å². The van der Waals surface area contributed by atoms with Crippen molar-refractivity contribution in [3.8, 4) is 20.5 Å². The topological polar surface area (TPSA) is 59.0 Å². The third-order valence-electron chi connectivity index (χ3n) is 4.20. The maximum absolute atomic E-state index is 12.1. The first-order valence-corrected chi connectivity index (χ1v) is 11.1. The quantitative estimate of drug-likeness (QED) is 0.594. The summed E-state index contributed by atoms with van der Waals surface area (Å²) in [5, 5.41) is 12.5. The van der Waals surface area contributed by atoms with Gasteiger partial charge in [0.15, 0.2) is 0 Å². The molecule has 0 aromatic carbocycles. The molecule has 4 heterocycles. The first-order valence-electron chi connectivity index (χ1n) is 8.47. The van der Waals surface area contributed by atoms with Crippen molar-refractivity contribution in [3.63, 3.8) is 0 Å². The van der Waals surface area contributed by atoms with Crippen LogP contribution in [0, 0.1) is 6.92 Å². The Morgan fingerprint density at radius 2 is 2.08 bits per heavy atom. The molecule has 4 rings (SSSR count). The molecule has 0 bridgehead atoms. The van der Waals surface area contributed by atoms with E-state index in [0.717, 1.165) is 52.2 Å². The van der Waals surface area contributed by atoms with Crippen molar-refractivity contribution in [1.82, 2.24) is 20.1 Å². The third-order valence-corrected chi connectivity index (χ3v) is 7.33. The van der Waals surface area contributed by atoms with E-state index in [4.69, 9.17) is 0 Å². The molecular formula is C18H18N4OS3. The smallest absolute Gasteiger partial charge is 0.232 e. The summed E-state index contributed by atoms with van der Waals surface area (Å²) in [5.41, 5.74) is 1.80. The van der Waals surface area contributed by atoms with Crippen LogP contribution in [-0.2, 0) is 4.79 Å². The van der Waals surface area contributed by atoms with Crippen molar-refractivity contribution >= 4 is 40.3 Å². The molecule has 1 fully saturated rings. The highest BCUT2D eigenvalue weighted by Crippen LogP contribution is 2.36. The van der Waals surface area contributed by atoms with Gasteiger partial charge in [-0.2, -0.15) is 0 Å². The Kier molecular flexibility index (Phi) is 5.33. The molecule has 134 valence electrons. The van der Waals surface area contributed by atoms with Crippen molar-refractivity contribution in [3.05, 3.63) is 35.3 Å². The minimum atomic E-state index is 0.192. The van der Waals surface area contributed by atoms with Crippen LogP contribution in [0.25, 0.3) is 20.5 Å². The fourth-order valence-electron chi connectivity index (χ4n) is 2.85. The van der Waals surface area contributed by atoms with Crippen LogP contribution in [0.3, 0.4) is 0 Å². The lowest BCUT2D eigenvalue weighted by Gasteiger charge is -2.14. The molecule has 1 aliphatic heterocycles. The zero-order valence-corrected chi connectivity index (χ0v) is 16.8. The van der Waals surface area contributed by atoms with Crippen LogP contribution in [0.1, 0.15) is 18.5 Å². The summed E-state index contributed by atoms with van der Waals surface area (Å²) < 4.78 is 0. The van der Waals surface area contributed by atoms with Gasteiger partial charge in [0.2, 0.25) is 5.91 Å².